The standard InChI is InChI=1S/C29H44AsN7O5/c1-5-20-24(39)36-22(19-10-7-6-8-11-19)26(41)31-15-13-29(4,37-23(38)18(2)3)27(42)35-21(25(40)34-20)12-9-14-30-28-32-16-17-33-28/h6-8,10-11,18,20-22,30H,5,9,12-17H2,1-4H3,(H,31,41)(H,32,33)(H,34,40)(H,35,42)(H,36,39)(H,37,38)/t20-,21-,22+,29+/m0/s1. The third-order valence-electron chi connectivity index (χ3n) is 7.33. The number of carbonyl (C=O) groups is 5. The van der Waals surface area contributed by atoms with Gasteiger partial charge in [0.25, 0.3) is 0 Å². The van der Waals surface area contributed by atoms with Crippen molar-refractivity contribution in [1.82, 2.24) is 31.9 Å². The summed E-state index contributed by atoms with van der Waals surface area (Å²) in [6.45, 7) is 8.49. The molecule has 1 saturated heterocycles. The van der Waals surface area contributed by atoms with Crippen molar-refractivity contribution in [1.29, 1.82) is 0 Å². The van der Waals surface area contributed by atoms with Crippen LogP contribution in [0.4, 0.5) is 0 Å². The van der Waals surface area contributed by atoms with Crippen LogP contribution < -0.4 is 31.9 Å². The van der Waals surface area contributed by atoms with E-state index < -0.39 is 63.0 Å². The summed E-state index contributed by atoms with van der Waals surface area (Å²) < 4.78 is 1.07. The number of nitrogens with one attached hydrogen (secondary N) is 6. The molecule has 3 rings (SSSR count). The Bertz CT molecular complexity index is 1160. The van der Waals surface area contributed by atoms with Gasteiger partial charge < -0.3 is 0 Å². The number of rotatable bonds is 9. The van der Waals surface area contributed by atoms with Gasteiger partial charge in [-0.3, -0.25) is 0 Å². The summed E-state index contributed by atoms with van der Waals surface area (Å²) in [6.07, 6.45) is 1.40. The van der Waals surface area contributed by atoms with Crippen LogP contribution >= 0.6 is 0 Å². The van der Waals surface area contributed by atoms with Gasteiger partial charge in [0.1, 0.15) is 0 Å². The summed E-state index contributed by atoms with van der Waals surface area (Å²) in [6, 6.07) is 5.97. The molecular weight excluding hydrogens is 601 g/mol. The van der Waals surface area contributed by atoms with E-state index in [1.165, 1.54) is 0 Å². The van der Waals surface area contributed by atoms with Gasteiger partial charge in [-0.2, -0.15) is 0 Å². The predicted molar refractivity (Wildman–Crippen MR) is 162 cm³/mol. The van der Waals surface area contributed by atoms with Crippen LogP contribution in [-0.2, 0) is 24.0 Å². The maximum absolute atomic E-state index is 13.7. The van der Waals surface area contributed by atoms with Crippen LogP contribution in [0.2, 0.25) is 5.21 Å². The van der Waals surface area contributed by atoms with Crippen molar-refractivity contribution >= 4 is 49.9 Å². The van der Waals surface area contributed by atoms with Crippen LogP contribution in [0.15, 0.2) is 35.3 Å². The van der Waals surface area contributed by atoms with Crippen molar-refractivity contribution in [3.05, 3.63) is 35.9 Å². The first-order valence-electron chi connectivity index (χ1n) is 14.6. The molecule has 0 saturated carbocycles. The van der Waals surface area contributed by atoms with Crippen LogP contribution in [0.3, 0.4) is 0 Å². The van der Waals surface area contributed by atoms with Crippen molar-refractivity contribution < 1.29 is 24.0 Å². The van der Waals surface area contributed by atoms with Crippen LogP contribution in [0.1, 0.15) is 65.0 Å². The van der Waals surface area contributed by atoms with E-state index in [2.05, 4.69) is 36.9 Å². The van der Waals surface area contributed by atoms with E-state index in [1.54, 1.807) is 52.0 Å². The van der Waals surface area contributed by atoms with E-state index in [1.807, 2.05) is 6.07 Å². The third-order valence-corrected chi connectivity index (χ3v) is 10.0. The first kappa shape index (κ1) is 33.1. The average molecular weight is 646 g/mol. The van der Waals surface area contributed by atoms with E-state index in [-0.39, 0.29) is 31.2 Å². The Labute approximate surface area is 254 Å². The number of hydrogen-bond acceptors (Lipinski definition) is 7. The molecular formula is C29H44AsN7O5. The molecule has 1 aromatic rings. The van der Waals surface area contributed by atoms with Gasteiger partial charge in [0.15, 0.2) is 0 Å². The van der Waals surface area contributed by atoms with Crippen molar-refractivity contribution in [3.8, 4) is 0 Å². The Morgan fingerprint density at radius 2 is 1.71 bits per heavy atom. The van der Waals surface area contributed by atoms with E-state index in [0.717, 1.165) is 22.9 Å². The fourth-order valence-corrected chi connectivity index (χ4v) is 6.91. The molecule has 0 bridgehead atoms. The SMILES string of the molecule is CC[C@@H]1NC(=O)[C@H](CCC[AsH]C2=NCCN2)NC(=O)[C@](C)(NC(=O)C(C)C)CCNC(=O)[C@@H](c2ccccc2)NC1=O. The van der Waals surface area contributed by atoms with E-state index >= 15 is 0 Å². The number of aliphatic imine (C=N–C) groups is 1. The Balaban J connectivity index is 1.88. The molecule has 0 aliphatic carbocycles. The average Bonchev–Trinajstić information content (AvgIpc) is 3.49. The monoisotopic (exact) mass is 645 g/mol. The zero-order valence-corrected chi connectivity index (χ0v) is 26.9. The molecule has 1 unspecified atom stereocenters. The summed E-state index contributed by atoms with van der Waals surface area (Å²) >= 11 is -0.474. The van der Waals surface area contributed by atoms with Gasteiger partial charge in [0.05, 0.1) is 0 Å². The first-order valence-corrected chi connectivity index (χ1v) is 17.2. The molecule has 12 nitrogen and oxygen atoms in total. The van der Waals surface area contributed by atoms with Crippen LogP contribution in [0.25, 0.3) is 0 Å². The van der Waals surface area contributed by atoms with Crippen molar-refractivity contribution in [2.45, 2.75) is 82.3 Å². The zero-order chi connectivity index (χ0) is 30.7. The summed E-state index contributed by atoms with van der Waals surface area (Å²) in [5.74, 6) is -2.68. The van der Waals surface area contributed by atoms with Crippen molar-refractivity contribution in [3.63, 3.8) is 0 Å². The number of amidine groups is 1. The van der Waals surface area contributed by atoms with E-state index in [9.17, 15) is 24.0 Å². The Kier molecular flexibility index (Phi) is 12.4. The van der Waals surface area contributed by atoms with Crippen LogP contribution in [0, 0.1) is 5.92 Å². The molecule has 2 aliphatic heterocycles. The molecule has 230 valence electrons. The normalized spacial score (nSPS) is 26.0. The fourth-order valence-electron chi connectivity index (χ4n) is 4.62. The second kappa shape index (κ2) is 15.7. The van der Waals surface area contributed by atoms with Gasteiger partial charge in [0.2, 0.25) is 0 Å². The van der Waals surface area contributed by atoms with Gasteiger partial charge in [0, 0.05) is 0 Å². The molecule has 13 heteroatoms. The summed E-state index contributed by atoms with van der Waals surface area (Å²) in [5, 5.41) is 18.2. The topological polar surface area (TPSA) is 170 Å². The van der Waals surface area contributed by atoms with Gasteiger partial charge in [-0.25, -0.2) is 0 Å². The molecule has 1 fully saturated rings. The first-order chi connectivity index (χ1) is 20.0. The molecule has 5 atom stereocenters. The van der Waals surface area contributed by atoms with Crippen LogP contribution in [0.5, 0.6) is 0 Å². The summed E-state index contributed by atoms with van der Waals surface area (Å²) in [4.78, 5) is 71.1. The van der Waals surface area contributed by atoms with Crippen LogP contribution in [-0.4, -0.2) is 87.2 Å². The Morgan fingerprint density at radius 3 is 2.36 bits per heavy atom. The second-order valence-corrected chi connectivity index (χ2v) is 13.9. The van der Waals surface area contributed by atoms with Gasteiger partial charge in [-0.15, -0.1) is 0 Å². The minimum atomic E-state index is -1.40. The minimum absolute atomic E-state index is 0.0502. The molecule has 0 radical (unpaired) electrons. The molecule has 1 aromatic carbocycles. The fraction of sp³-hybridized carbons (Fsp3) is 0.586. The van der Waals surface area contributed by atoms with E-state index in [4.69, 9.17) is 0 Å². The summed E-state index contributed by atoms with van der Waals surface area (Å²) in [7, 11) is 0. The maximum atomic E-state index is 13.7. The van der Waals surface area contributed by atoms with Gasteiger partial charge in [-0.05, 0) is 0 Å². The number of benzene rings is 1. The van der Waals surface area contributed by atoms with E-state index in [0.29, 0.717) is 18.4 Å². The quantitative estimate of drug-likeness (QED) is 0.162. The van der Waals surface area contributed by atoms with Crippen molar-refractivity contribution in [2.75, 3.05) is 19.6 Å². The zero-order valence-electron chi connectivity index (χ0n) is 24.8. The molecule has 42 heavy (non-hydrogen) atoms. The molecule has 2 aliphatic rings. The second-order valence-electron chi connectivity index (χ2n) is 11.1. The summed E-state index contributed by atoms with van der Waals surface area (Å²) in [5.41, 5.74) is -0.822. The van der Waals surface area contributed by atoms with Gasteiger partial charge >= 0.3 is 236 Å². The number of hydrogen-bond donors (Lipinski definition) is 6. The number of amides is 5. The third kappa shape index (κ3) is 9.31. The Morgan fingerprint density at radius 1 is 1.00 bits per heavy atom. The molecule has 2 heterocycles. The number of carbonyl (C=O) groups excluding carboxylic acids is 5. The number of nitrogens with zero attached hydrogens (tertiary/aromatic N) is 1. The van der Waals surface area contributed by atoms with Crippen molar-refractivity contribution in [2.24, 2.45) is 10.9 Å². The predicted octanol–water partition coefficient (Wildman–Crippen LogP) is -0.131. The molecule has 6 N–H and O–H groups in total. The molecule has 0 spiro atoms. The molecule has 5 amide bonds. The molecule has 0 aromatic heterocycles. The Hall–Kier alpha value is -3.40. The van der Waals surface area contributed by atoms with Gasteiger partial charge in [-0.1, -0.05) is 18.2 Å².